The van der Waals surface area contributed by atoms with E-state index < -0.39 is 11.6 Å². The number of aliphatic hydroxyl groups excluding tert-OH is 2. The molecule has 0 spiro atoms. The highest BCUT2D eigenvalue weighted by molar-refractivity contribution is 7.99. The summed E-state index contributed by atoms with van der Waals surface area (Å²) in [6.07, 6.45) is 1.97. The van der Waals surface area contributed by atoms with Gasteiger partial charge in [-0.2, -0.15) is 11.8 Å². The fourth-order valence-electron chi connectivity index (χ4n) is 1.64. The molecule has 0 aromatic rings. The molecule has 0 fully saturated rings. The van der Waals surface area contributed by atoms with Crippen LogP contribution in [-0.2, 0) is 4.79 Å². The van der Waals surface area contributed by atoms with Gasteiger partial charge in [-0.3, -0.25) is 4.79 Å². The molecule has 2 atom stereocenters. The zero-order valence-electron chi connectivity index (χ0n) is 11.3. The molecule has 0 heterocycles. The Balaban J connectivity index is 3.71. The van der Waals surface area contributed by atoms with Crippen LogP contribution in [0.15, 0.2) is 0 Å². The summed E-state index contributed by atoms with van der Waals surface area (Å²) in [5, 5.41) is 20.9. The third-order valence-electron chi connectivity index (χ3n) is 2.85. The van der Waals surface area contributed by atoms with Crippen molar-refractivity contribution >= 4 is 17.7 Å². The molecule has 0 aliphatic carbocycles. The topological polar surface area (TPSA) is 95.6 Å². The molecule has 0 rings (SSSR count). The van der Waals surface area contributed by atoms with Crippen LogP contribution in [0.2, 0.25) is 0 Å². The van der Waals surface area contributed by atoms with E-state index in [1.165, 1.54) is 0 Å². The van der Waals surface area contributed by atoms with Gasteiger partial charge < -0.3 is 21.3 Å². The van der Waals surface area contributed by atoms with Crippen LogP contribution in [0.4, 0.5) is 0 Å². The van der Waals surface area contributed by atoms with Gasteiger partial charge in [0.1, 0.15) is 0 Å². The quantitative estimate of drug-likeness (QED) is 0.402. The van der Waals surface area contributed by atoms with Crippen LogP contribution in [0.3, 0.4) is 0 Å². The van der Waals surface area contributed by atoms with Crippen molar-refractivity contribution in [1.29, 1.82) is 0 Å². The zero-order valence-corrected chi connectivity index (χ0v) is 12.1. The number of aliphatic hydroxyl groups is 2. The summed E-state index contributed by atoms with van der Waals surface area (Å²) in [5.74, 6) is 1.15. The number of hydrogen-bond acceptors (Lipinski definition) is 5. The van der Waals surface area contributed by atoms with Crippen LogP contribution < -0.4 is 11.1 Å². The minimum atomic E-state index is -0.632. The first kappa shape index (κ1) is 17.7. The van der Waals surface area contributed by atoms with Crippen molar-refractivity contribution in [3.63, 3.8) is 0 Å². The molecule has 0 bridgehead atoms. The lowest BCUT2D eigenvalue weighted by Gasteiger charge is -2.26. The van der Waals surface area contributed by atoms with Crippen molar-refractivity contribution in [3.05, 3.63) is 0 Å². The molecular weight excluding hydrogens is 252 g/mol. The number of unbranched alkanes of at least 4 members (excludes halogenated alkanes) is 1. The van der Waals surface area contributed by atoms with Gasteiger partial charge in [-0.15, -0.1) is 0 Å². The van der Waals surface area contributed by atoms with Gasteiger partial charge in [0, 0.05) is 5.75 Å². The molecule has 5 nitrogen and oxygen atoms in total. The first-order valence-electron chi connectivity index (χ1n) is 6.38. The zero-order chi connectivity index (χ0) is 14.0. The van der Waals surface area contributed by atoms with E-state index in [9.17, 15) is 4.79 Å². The summed E-state index contributed by atoms with van der Waals surface area (Å²) in [7, 11) is 0. The minimum Gasteiger partial charge on any atom is -0.394 e. The van der Waals surface area contributed by atoms with E-state index in [1.54, 1.807) is 11.8 Å². The molecule has 0 aromatic heterocycles. The number of hydrogen-bond donors (Lipinski definition) is 4. The van der Waals surface area contributed by atoms with Gasteiger partial charge in [0.25, 0.3) is 0 Å². The van der Waals surface area contributed by atoms with E-state index in [4.69, 9.17) is 15.9 Å². The summed E-state index contributed by atoms with van der Waals surface area (Å²) in [6.45, 7) is 4.32. The summed E-state index contributed by atoms with van der Waals surface area (Å²) in [6, 6.07) is 0. The van der Waals surface area contributed by atoms with Crippen LogP contribution in [0.1, 0.15) is 33.1 Å². The van der Waals surface area contributed by atoms with Crippen LogP contribution in [0, 0.1) is 0 Å². The number of thioether (sulfide) groups is 1. The van der Waals surface area contributed by atoms with E-state index in [1.807, 2.05) is 13.8 Å². The van der Waals surface area contributed by atoms with Gasteiger partial charge in [0.15, 0.2) is 0 Å². The van der Waals surface area contributed by atoms with E-state index in [-0.39, 0.29) is 12.5 Å². The van der Waals surface area contributed by atoms with Crippen LogP contribution in [0.5, 0.6) is 0 Å². The molecule has 0 aromatic carbocycles. The molecular formula is C12H26N2O3S. The smallest absolute Gasteiger partial charge is 0.237 e. The molecule has 6 heteroatoms. The third kappa shape index (κ3) is 7.20. The first-order chi connectivity index (χ1) is 8.46. The maximum atomic E-state index is 11.4. The van der Waals surface area contributed by atoms with Crippen LogP contribution in [-0.4, -0.2) is 52.4 Å². The third-order valence-corrected chi connectivity index (χ3v) is 4.05. The molecule has 0 radical (unpaired) electrons. The highest BCUT2D eigenvalue weighted by atomic mass is 32.2. The van der Waals surface area contributed by atoms with Gasteiger partial charge in [-0.05, 0) is 32.1 Å². The summed E-state index contributed by atoms with van der Waals surface area (Å²) >= 11 is 1.61. The van der Waals surface area contributed by atoms with Crippen LogP contribution in [0.25, 0.3) is 0 Å². The molecule has 18 heavy (non-hydrogen) atoms. The van der Waals surface area contributed by atoms with E-state index in [0.29, 0.717) is 5.75 Å². The van der Waals surface area contributed by atoms with Crippen molar-refractivity contribution in [3.8, 4) is 0 Å². The Bertz CT molecular complexity index is 241. The number of carbonyl (C=O) groups is 1. The summed E-state index contributed by atoms with van der Waals surface area (Å²) in [5.41, 5.74) is 4.77. The fourth-order valence-corrected chi connectivity index (χ4v) is 2.60. The van der Waals surface area contributed by atoms with Crippen molar-refractivity contribution in [2.45, 2.75) is 44.8 Å². The second-order valence-electron chi connectivity index (χ2n) is 4.60. The second kappa shape index (κ2) is 9.61. The standard InChI is InChI=1S/C12H26N2O3S/c1-3-14-12(2,11(13)17)6-4-5-7-18-9-10(16)8-15/h10,14-16H,3-9H2,1-2H3,(H2,13,17). The molecule has 2 unspecified atom stereocenters. The highest BCUT2D eigenvalue weighted by Crippen LogP contribution is 2.15. The molecule has 0 aliphatic rings. The minimum absolute atomic E-state index is 0.187. The monoisotopic (exact) mass is 278 g/mol. The van der Waals surface area contributed by atoms with Gasteiger partial charge in [-0.25, -0.2) is 0 Å². The van der Waals surface area contributed by atoms with Crippen molar-refractivity contribution in [2.75, 3.05) is 24.7 Å². The Morgan fingerprint density at radius 3 is 2.67 bits per heavy atom. The fraction of sp³-hybridized carbons (Fsp3) is 0.917. The number of nitrogens with one attached hydrogen (secondary N) is 1. The number of primary amides is 1. The van der Waals surface area contributed by atoms with Gasteiger partial charge in [0.2, 0.25) is 5.91 Å². The Kier molecular flexibility index (Phi) is 9.45. The molecule has 0 aliphatic heterocycles. The lowest BCUT2D eigenvalue weighted by Crippen LogP contribution is -2.52. The Labute approximate surface area is 114 Å². The molecule has 108 valence electrons. The van der Waals surface area contributed by atoms with Gasteiger partial charge in [0.05, 0.1) is 18.2 Å². The number of carbonyl (C=O) groups excluding carboxylic acids is 1. The summed E-state index contributed by atoms with van der Waals surface area (Å²) < 4.78 is 0. The number of rotatable bonds is 11. The molecule has 1 amide bonds. The average molecular weight is 278 g/mol. The SMILES string of the molecule is CCNC(C)(CCCCSCC(O)CO)C(N)=O. The van der Waals surface area contributed by atoms with E-state index in [0.717, 1.165) is 31.6 Å². The second-order valence-corrected chi connectivity index (χ2v) is 5.74. The Hall–Kier alpha value is -0.300. The van der Waals surface area contributed by atoms with Crippen molar-refractivity contribution in [2.24, 2.45) is 5.73 Å². The lowest BCUT2D eigenvalue weighted by molar-refractivity contribution is -0.124. The maximum Gasteiger partial charge on any atom is 0.237 e. The highest BCUT2D eigenvalue weighted by Gasteiger charge is 2.28. The maximum absolute atomic E-state index is 11.4. The predicted molar refractivity (Wildman–Crippen MR) is 75.5 cm³/mol. The van der Waals surface area contributed by atoms with E-state index >= 15 is 0 Å². The lowest BCUT2D eigenvalue weighted by atomic mass is 9.94. The molecule has 5 N–H and O–H groups in total. The van der Waals surface area contributed by atoms with Gasteiger partial charge in [-0.1, -0.05) is 13.3 Å². The normalized spacial score (nSPS) is 16.2. The summed E-state index contributed by atoms with van der Waals surface area (Å²) in [4.78, 5) is 11.4. The van der Waals surface area contributed by atoms with E-state index in [2.05, 4.69) is 5.32 Å². The molecule has 0 saturated carbocycles. The van der Waals surface area contributed by atoms with Crippen molar-refractivity contribution in [1.82, 2.24) is 5.32 Å². The van der Waals surface area contributed by atoms with Crippen molar-refractivity contribution < 1.29 is 15.0 Å². The molecule has 0 saturated heterocycles. The Morgan fingerprint density at radius 2 is 2.17 bits per heavy atom. The van der Waals surface area contributed by atoms with Gasteiger partial charge >= 0.3 is 0 Å². The first-order valence-corrected chi connectivity index (χ1v) is 7.53. The Morgan fingerprint density at radius 1 is 1.50 bits per heavy atom. The number of likely N-dealkylation sites (N-methyl/N-ethyl adjacent to an activating group) is 1. The average Bonchev–Trinajstić information content (AvgIpc) is 2.33. The predicted octanol–water partition coefficient (Wildman–Crippen LogP) is 0.0966. The van der Waals surface area contributed by atoms with Crippen LogP contribution >= 0.6 is 11.8 Å². The number of nitrogens with two attached hydrogens (primary N) is 1. The largest absolute Gasteiger partial charge is 0.394 e. The number of amides is 1.